The first-order valence-electron chi connectivity index (χ1n) is 14.0. The van der Waals surface area contributed by atoms with Crippen molar-refractivity contribution in [2.75, 3.05) is 19.7 Å². The molecule has 0 radical (unpaired) electrons. The van der Waals surface area contributed by atoms with Gasteiger partial charge in [-0.2, -0.15) is 0 Å². The van der Waals surface area contributed by atoms with Crippen LogP contribution in [0.2, 0.25) is 0 Å². The van der Waals surface area contributed by atoms with Crippen LogP contribution in [0, 0.1) is 5.92 Å². The van der Waals surface area contributed by atoms with Crippen LogP contribution in [-0.2, 0) is 54.4 Å². The van der Waals surface area contributed by atoms with Crippen molar-refractivity contribution >= 4 is 86.4 Å². The topological polar surface area (TPSA) is 265 Å². The van der Waals surface area contributed by atoms with Gasteiger partial charge in [-0.1, -0.05) is 18.2 Å². The molecule has 2 saturated heterocycles. The number of hydrogen-bond acceptors (Lipinski definition) is 15. The number of rotatable bonds is 8. The summed E-state index contributed by atoms with van der Waals surface area (Å²) in [5, 5.41) is -1.11. The van der Waals surface area contributed by atoms with Crippen LogP contribution in [-0.4, -0.2) is 92.3 Å². The molecule has 0 saturated carbocycles. The molecular weight excluding hydrogens is 701 g/mol. The summed E-state index contributed by atoms with van der Waals surface area (Å²) >= 11 is 0. The highest BCUT2D eigenvalue weighted by Gasteiger charge is 2.36. The van der Waals surface area contributed by atoms with Gasteiger partial charge in [-0.05, 0) is 31.0 Å². The number of carbonyl (C=O) groups excluding carboxylic acids is 4. The van der Waals surface area contributed by atoms with Crippen molar-refractivity contribution in [1.29, 1.82) is 0 Å². The van der Waals surface area contributed by atoms with Gasteiger partial charge in [0, 0.05) is 58.2 Å². The van der Waals surface area contributed by atoms with Crippen LogP contribution in [0.1, 0.15) is 25.7 Å². The molecule has 20 heteroatoms. The molecule has 2 fully saturated rings. The fourth-order valence-corrected chi connectivity index (χ4v) is 8.19. The number of imide groups is 1. The molecule has 0 N–H and O–H groups in total. The molecule has 4 aromatic carbocycles. The van der Waals surface area contributed by atoms with Crippen LogP contribution in [0.4, 0.5) is 0 Å². The molecule has 254 valence electrons. The minimum Gasteiger partial charge on any atom is -0.744 e. The lowest BCUT2D eigenvalue weighted by Crippen LogP contribution is -2.44. The zero-order valence-electron chi connectivity index (χ0n) is 24.2. The molecule has 2 aliphatic heterocycles. The molecule has 48 heavy (non-hydrogen) atoms. The fourth-order valence-electron chi connectivity index (χ4n) is 6.02. The van der Waals surface area contributed by atoms with E-state index in [9.17, 15) is 58.1 Å². The predicted molar refractivity (Wildman–Crippen MR) is 156 cm³/mol. The summed E-state index contributed by atoms with van der Waals surface area (Å²) < 4.78 is 115. The van der Waals surface area contributed by atoms with Gasteiger partial charge in [0.1, 0.15) is 36.1 Å². The Kier molecular flexibility index (Phi) is 8.08. The Balaban J connectivity index is 1.33. The van der Waals surface area contributed by atoms with E-state index in [0.29, 0.717) is 11.1 Å². The SMILES string of the molecule is O=C(ON1C(=O)CCC1=O)C1CCN(C(=O)COc2cc(S(=O)(=O)[O-])c3ccc4c(S(=O)(=O)[O-])cc(S(=O)(=O)[O-])c5ccc2c3c54)CC1. The van der Waals surface area contributed by atoms with Crippen molar-refractivity contribution in [3.05, 3.63) is 36.4 Å². The molecule has 0 aromatic heterocycles. The van der Waals surface area contributed by atoms with Gasteiger partial charge in [0.15, 0.2) is 6.61 Å². The van der Waals surface area contributed by atoms with Crippen molar-refractivity contribution in [1.82, 2.24) is 9.96 Å². The normalized spacial score (nSPS) is 16.8. The van der Waals surface area contributed by atoms with Gasteiger partial charge >= 0.3 is 5.97 Å². The number of ether oxygens (including phenoxy) is 1. The summed E-state index contributed by atoms with van der Waals surface area (Å²) in [5.74, 6) is -3.76. The first-order valence-corrected chi connectivity index (χ1v) is 18.2. The summed E-state index contributed by atoms with van der Waals surface area (Å²) in [7, 11) is -16.1. The third-order valence-electron chi connectivity index (χ3n) is 8.27. The van der Waals surface area contributed by atoms with Gasteiger partial charge < -0.3 is 28.1 Å². The second-order valence-electron chi connectivity index (χ2n) is 11.1. The highest BCUT2D eigenvalue weighted by Crippen LogP contribution is 2.45. The van der Waals surface area contributed by atoms with E-state index in [4.69, 9.17) is 9.57 Å². The maximum Gasteiger partial charge on any atom is 0.336 e. The zero-order chi connectivity index (χ0) is 34.9. The summed E-state index contributed by atoms with van der Waals surface area (Å²) in [6.45, 7) is -0.628. The van der Waals surface area contributed by atoms with Gasteiger partial charge in [-0.25, -0.2) is 30.0 Å². The van der Waals surface area contributed by atoms with E-state index in [2.05, 4.69) is 0 Å². The van der Waals surface area contributed by atoms with E-state index in [0.717, 1.165) is 24.3 Å². The van der Waals surface area contributed by atoms with E-state index < -0.39 is 81.3 Å². The van der Waals surface area contributed by atoms with E-state index in [1.54, 1.807) is 0 Å². The largest absolute Gasteiger partial charge is 0.744 e. The van der Waals surface area contributed by atoms with Crippen molar-refractivity contribution in [3.63, 3.8) is 0 Å². The number of amides is 3. The Bertz CT molecular complexity index is 2330. The lowest BCUT2D eigenvalue weighted by molar-refractivity contribution is -0.201. The van der Waals surface area contributed by atoms with Gasteiger partial charge in [0.2, 0.25) is 0 Å². The van der Waals surface area contributed by atoms with Crippen molar-refractivity contribution in [3.8, 4) is 5.75 Å². The molecular formula is C28H21N2O15S3-3. The minimum atomic E-state index is -5.39. The first-order chi connectivity index (χ1) is 22.4. The average molecular weight is 722 g/mol. The summed E-state index contributed by atoms with van der Waals surface area (Å²) in [6, 6.07) is 5.66. The first kappa shape index (κ1) is 33.4. The molecule has 0 unspecified atom stereocenters. The molecule has 0 spiro atoms. The highest BCUT2D eigenvalue weighted by atomic mass is 32.2. The number of likely N-dealkylation sites (tertiary alicyclic amines) is 1. The Hall–Kier alpha value is -4.47. The lowest BCUT2D eigenvalue weighted by atomic mass is 9.93. The molecule has 3 amide bonds. The monoisotopic (exact) mass is 721 g/mol. The standard InChI is InChI=1S/C28H24N2O15S3/c31-23-5-6-24(32)30(23)45-28(34)14-7-9-29(10-8-14)25(33)13-44-19-11-20(46(35,36)37)16-3-4-18-22(48(41,42)43)12-21(47(38,39)40)17-2-1-15(19)26(16)27(17)18/h1-4,11-12,14H,5-10,13H2,(H,35,36,37)(H,38,39,40)(H,41,42,43)/p-3. The van der Waals surface area contributed by atoms with E-state index in [-0.39, 0.29) is 76.8 Å². The second kappa shape index (κ2) is 11.6. The summed E-state index contributed by atoms with van der Waals surface area (Å²) in [6.07, 6.45) is 0.0984. The van der Waals surface area contributed by atoms with Crippen molar-refractivity contribution in [2.45, 2.75) is 40.4 Å². The van der Waals surface area contributed by atoms with Gasteiger partial charge in [0.25, 0.3) is 17.7 Å². The fraction of sp³-hybridized carbons (Fsp3) is 0.286. The van der Waals surface area contributed by atoms with Crippen LogP contribution < -0.4 is 4.74 Å². The third kappa shape index (κ3) is 5.90. The maximum absolute atomic E-state index is 13.1. The number of benzene rings is 4. The van der Waals surface area contributed by atoms with Crippen LogP contribution >= 0.6 is 0 Å². The molecule has 0 atom stereocenters. The second-order valence-corrected chi connectivity index (χ2v) is 15.2. The van der Waals surface area contributed by atoms with Crippen LogP contribution in [0.5, 0.6) is 5.75 Å². The maximum atomic E-state index is 13.1. The molecule has 2 heterocycles. The van der Waals surface area contributed by atoms with Crippen molar-refractivity contribution in [2.24, 2.45) is 5.92 Å². The van der Waals surface area contributed by atoms with Gasteiger partial charge in [0.05, 0.1) is 20.6 Å². The molecule has 4 aromatic rings. The van der Waals surface area contributed by atoms with E-state index in [1.165, 1.54) is 11.0 Å². The summed E-state index contributed by atoms with van der Waals surface area (Å²) in [5.41, 5.74) is 0. The van der Waals surface area contributed by atoms with E-state index >= 15 is 0 Å². The lowest BCUT2D eigenvalue weighted by Gasteiger charge is -2.31. The highest BCUT2D eigenvalue weighted by molar-refractivity contribution is 7.87. The van der Waals surface area contributed by atoms with Crippen molar-refractivity contribution < 1.29 is 67.7 Å². The molecule has 0 bridgehead atoms. The Morgan fingerprint density at radius 2 is 1.15 bits per heavy atom. The van der Waals surface area contributed by atoms with Crippen LogP contribution in [0.25, 0.3) is 32.3 Å². The Labute approximate surface area is 271 Å². The minimum absolute atomic E-state index is 0.00884. The Morgan fingerprint density at radius 3 is 1.62 bits per heavy atom. The average Bonchev–Trinajstić information content (AvgIpc) is 3.32. The Morgan fingerprint density at radius 1 is 0.708 bits per heavy atom. The number of nitrogens with zero attached hydrogens (tertiary/aromatic N) is 2. The smallest absolute Gasteiger partial charge is 0.336 e. The number of hydroxylamine groups is 2. The number of hydrogen-bond donors (Lipinski definition) is 0. The quantitative estimate of drug-likeness (QED) is 0.136. The van der Waals surface area contributed by atoms with E-state index in [1.807, 2.05) is 0 Å². The zero-order valence-corrected chi connectivity index (χ0v) is 26.7. The van der Waals surface area contributed by atoms with Crippen LogP contribution in [0.15, 0.2) is 51.1 Å². The number of carbonyl (C=O) groups is 4. The van der Waals surface area contributed by atoms with Gasteiger partial charge in [-0.15, -0.1) is 5.06 Å². The molecule has 17 nitrogen and oxygen atoms in total. The summed E-state index contributed by atoms with van der Waals surface area (Å²) in [4.78, 5) is 52.3. The molecule has 0 aliphatic carbocycles. The third-order valence-corrected chi connectivity index (χ3v) is 10.9. The predicted octanol–water partition coefficient (Wildman–Crippen LogP) is 0.521. The van der Waals surface area contributed by atoms with Gasteiger partial charge in [-0.3, -0.25) is 14.4 Å². The molecule has 2 aliphatic rings. The number of piperidine rings is 1. The van der Waals surface area contributed by atoms with Crippen LogP contribution in [0.3, 0.4) is 0 Å². The molecule has 6 rings (SSSR count).